The van der Waals surface area contributed by atoms with Crippen molar-refractivity contribution in [3.63, 3.8) is 0 Å². The fraction of sp³-hybridized carbons (Fsp3) is 0.438. The summed E-state index contributed by atoms with van der Waals surface area (Å²) in [5.41, 5.74) is 0.882. The molecule has 0 spiro atoms. The summed E-state index contributed by atoms with van der Waals surface area (Å²) in [6.45, 7) is 10.4. The topological polar surface area (TPSA) is 35.6 Å². The number of benzene rings is 1. The van der Waals surface area contributed by atoms with Gasteiger partial charge >= 0.3 is 6.03 Å². The second-order valence-electron chi connectivity index (χ2n) is 4.95. The number of urea groups is 1. The van der Waals surface area contributed by atoms with E-state index in [2.05, 4.69) is 23.7 Å². The van der Waals surface area contributed by atoms with E-state index < -0.39 is 0 Å². The molecule has 2 rings (SSSR count). The van der Waals surface area contributed by atoms with Crippen molar-refractivity contribution in [2.45, 2.75) is 11.8 Å². The third kappa shape index (κ3) is 4.51. The summed E-state index contributed by atoms with van der Waals surface area (Å²) in [6, 6.07) is 7.91. The number of hydrogen-bond acceptors (Lipinski definition) is 3. The number of nitrogens with zero attached hydrogens (tertiary/aromatic N) is 2. The van der Waals surface area contributed by atoms with Gasteiger partial charge in [-0.1, -0.05) is 25.1 Å². The van der Waals surface area contributed by atoms with Crippen molar-refractivity contribution < 1.29 is 4.79 Å². The van der Waals surface area contributed by atoms with E-state index in [4.69, 9.17) is 0 Å². The first-order valence-electron chi connectivity index (χ1n) is 7.35. The predicted molar refractivity (Wildman–Crippen MR) is 90.1 cm³/mol. The number of piperazine rings is 1. The van der Waals surface area contributed by atoms with Crippen molar-refractivity contribution in [1.82, 2.24) is 9.80 Å². The van der Waals surface area contributed by atoms with Gasteiger partial charge in [0.1, 0.15) is 0 Å². The molecular formula is C16H23N3OS. The van der Waals surface area contributed by atoms with Crippen LogP contribution >= 0.6 is 11.8 Å². The van der Waals surface area contributed by atoms with Gasteiger partial charge in [0.15, 0.2) is 0 Å². The summed E-state index contributed by atoms with van der Waals surface area (Å²) < 4.78 is 0. The van der Waals surface area contributed by atoms with Crippen molar-refractivity contribution in [3.8, 4) is 0 Å². The SMILES string of the molecule is C=CCSc1ccccc1NC(=O)N1CCN(CC)CC1. The Morgan fingerprint density at radius 3 is 2.71 bits per heavy atom. The van der Waals surface area contributed by atoms with Crippen LogP contribution in [0.15, 0.2) is 41.8 Å². The Morgan fingerprint density at radius 2 is 2.05 bits per heavy atom. The van der Waals surface area contributed by atoms with Gasteiger partial charge in [0, 0.05) is 36.8 Å². The highest BCUT2D eigenvalue weighted by Gasteiger charge is 2.20. The molecule has 0 saturated carbocycles. The number of carbonyl (C=O) groups is 1. The van der Waals surface area contributed by atoms with E-state index in [0.29, 0.717) is 0 Å². The van der Waals surface area contributed by atoms with Crippen LogP contribution in [0, 0.1) is 0 Å². The monoisotopic (exact) mass is 305 g/mol. The lowest BCUT2D eigenvalue weighted by Crippen LogP contribution is -2.49. The van der Waals surface area contributed by atoms with Gasteiger partial charge in [0.05, 0.1) is 5.69 Å². The summed E-state index contributed by atoms with van der Waals surface area (Å²) in [4.78, 5) is 17.7. The van der Waals surface area contributed by atoms with Crippen LogP contribution in [0.1, 0.15) is 6.92 Å². The zero-order valence-corrected chi connectivity index (χ0v) is 13.4. The molecule has 1 aliphatic heterocycles. The largest absolute Gasteiger partial charge is 0.322 e. The Labute approximate surface area is 131 Å². The first-order chi connectivity index (χ1) is 10.2. The Bertz CT molecular complexity index is 484. The van der Waals surface area contributed by atoms with E-state index in [9.17, 15) is 4.79 Å². The van der Waals surface area contributed by atoms with Crippen molar-refractivity contribution in [2.24, 2.45) is 0 Å². The number of rotatable bonds is 5. The van der Waals surface area contributed by atoms with Crippen molar-refractivity contribution in [3.05, 3.63) is 36.9 Å². The number of anilines is 1. The molecule has 5 heteroatoms. The first kappa shape index (κ1) is 15.9. The maximum Gasteiger partial charge on any atom is 0.321 e. The molecule has 1 saturated heterocycles. The average molecular weight is 305 g/mol. The molecule has 0 radical (unpaired) electrons. The zero-order chi connectivity index (χ0) is 15.1. The lowest BCUT2D eigenvalue weighted by Gasteiger charge is -2.34. The molecule has 21 heavy (non-hydrogen) atoms. The Morgan fingerprint density at radius 1 is 1.33 bits per heavy atom. The van der Waals surface area contributed by atoms with Crippen LogP contribution in [-0.2, 0) is 0 Å². The molecule has 1 fully saturated rings. The molecule has 2 amide bonds. The summed E-state index contributed by atoms with van der Waals surface area (Å²) in [7, 11) is 0. The van der Waals surface area contributed by atoms with Crippen molar-refractivity contribution in [1.29, 1.82) is 0 Å². The highest BCUT2D eigenvalue weighted by atomic mass is 32.2. The van der Waals surface area contributed by atoms with E-state index in [1.54, 1.807) is 11.8 Å². The van der Waals surface area contributed by atoms with Crippen molar-refractivity contribution in [2.75, 3.05) is 43.8 Å². The number of para-hydroxylation sites is 1. The second-order valence-corrected chi connectivity index (χ2v) is 6.01. The highest BCUT2D eigenvalue weighted by Crippen LogP contribution is 2.27. The smallest absolute Gasteiger partial charge is 0.321 e. The fourth-order valence-corrected chi connectivity index (χ4v) is 3.05. The molecule has 1 aliphatic rings. The van der Waals surface area contributed by atoms with Gasteiger partial charge in [-0.3, -0.25) is 0 Å². The third-order valence-electron chi connectivity index (χ3n) is 3.59. The number of nitrogens with one attached hydrogen (secondary N) is 1. The Kier molecular flexibility index (Phi) is 6.14. The number of thioether (sulfide) groups is 1. The lowest BCUT2D eigenvalue weighted by molar-refractivity contribution is 0.151. The predicted octanol–water partition coefficient (Wildman–Crippen LogP) is 3.13. The number of carbonyl (C=O) groups excluding carboxylic acids is 1. The molecule has 1 aromatic carbocycles. The van der Waals surface area contributed by atoms with Gasteiger partial charge in [-0.15, -0.1) is 18.3 Å². The first-order valence-corrected chi connectivity index (χ1v) is 8.34. The van der Waals surface area contributed by atoms with E-state index in [-0.39, 0.29) is 6.03 Å². The van der Waals surface area contributed by atoms with Crippen LogP contribution in [0.3, 0.4) is 0 Å². The second kappa shape index (κ2) is 8.10. The van der Waals surface area contributed by atoms with Crippen LogP contribution in [-0.4, -0.2) is 54.3 Å². The van der Waals surface area contributed by atoms with Gasteiger partial charge < -0.3 is 15.1 Å². The van der Waals surface area contributed by atoms with Gasteiger partial charge in [-0.2, -0.15) is 0 Å². The molecule has 0 atom stereocenters. The normalized spacial score (nSPS) is 15.8. The maximum absolute atomic E-state index is 12.4. The molecule has 1 heterocycles. The lowest BCUT2D eigenvalue weighted by atomic mass is 10.3. The molecule has 0 unspecified atom stereocenters. The third-order valence-corrected chi connectivity index (χ3v) is 4.66. The number of likely N-dealkylation sites (N-methyl/N-ethyl adjacent to an activating group) is 1. The summed E-state index contributed by atoms with van der Waals surface area (Å²) >= 11 is 1.68. The van der Waals surface area contributed by atoms with E-state index in [0.717, 1.165) is 49.1 Å². The minimum Gasteiger partial charge on any atom is -0.322 e. The van der Waals surface area contributed by atoms with E-state index in [1.165, 1.54) is 0 Å². The van der Waals surface area contributed by atoms with Crippen LogP contribution in [0.25, 0.3) is 0 Å². The number of amides is 2. The minimum atomic E-state index is -0.00240. The molecule has 0 bridgehead atoms. The quantitative estimate of drug-likeness (QED) is 0.670. The zero-order valence-electron chi connectivity index (χ0n) is 12.5. The average Bonchev–Trinajstić information content (AvgIpc) is 2.54. The van der Waals surface area contributed by atoms with E-state index in [1.807, 2.05) is 35.2 Å². The summed E-state index contributed by atoms with van der Waals surface area (Å²) in [6.07, 6.45) is 1.87. The van der Waals surface area contributed by atoms with E-state index >= 15 is 0 Å². The van der Waals surface area contributed by atoms with Crippen molar-refractivity contribution >= 4 is 23.5 Å². The van der Waals surface area contributed by atoms with Gasteiger partial charge in [0.2, 0.25) is 0 Å². The molecule has 114 valence electrons. The van der Waals surface area contributed by atoms with Crippen LogP contribution in [0.2, 0.25) is 0 Å². The highest BCUT2D eigenvalue weighted by molar-refractivity contribution is 7.99. The molecule has 4 nitrogen and oxygen atoms in total. The molecular weight excluding hydrogens is 282 g/mol. The number of hydrogen-bond donors (Lipinski definition) is 1. The minimum absolute atomic E-state index is 0.00240. The van der Waals surface area contributed by atoms with Gasteiger partial charge in [0.25, 0.3) is 0 Å². The maximum atomic E-state index is 12.4. The van der Waals surface area contributed by atoms with Crippen LogP contribution in [0.4, 0.5) is 10.5 Å². The molecule has 1 N–H and O–H groups in total. The molecule has 0 aromatic heterocycles. The van der Waals surface area contributed by atoms with Gasteiger partial charge in [-0.25, -0.2) is 4.79 Å². The van der Waals surface area contributed by atoms with Gasteiger partial charge in [-0.05, 0) is 18.7 Å². The summed E-state index contributed by atoms with van der Waals surface area (Å²) in [5, 5.41) is 3.04. The fourth-order valence-electron chi connectivity index (χ4n) is 2.31. The molecule has 0 aliphatic carbocycles. The Balaban J connectivity index is 1.95. The standard InChI is InChI=1S/C16H23N3OS/c1-3-13-21-15-8-6-5-7-14(15)17-16(20)19-11-9-18(4-2)10-12-19/h3,5-8H,1,4,9-13H2,2H3,(H,17,20). The van der Waals surface area contributed by atoms with Crippen LogP contribution in [0.5, 0.6) is 0 Å². The van der Waals surface area contributed by atoms with Crippen LogP contribution < -0.4 is 5.32 Å². The molecule has 1 aromatic rings. The Hall–Kier alpha value is -1.46. The summed E-state index contributed by atoms with van der Waals surface area (Å²) in [5.74, 6) is 0.835.